The van der Waals surface area contributed by atoms with Gasteiger partial charge in [0.15, 0.2) is 6.29 Å². The Morgan fingerprint density at radius 1 is 1.14 bits per heavy atom. The van der Waals surface area contributed by atoms with Gasteiger partial charge in [0.25, 0.3) is 5.56 Å². The molecule has 2 aliphatic heterocycles. The summed E-state index contributed by atoms with van der Waals surface area (Å²) in [6, 6.07) is 9.65. The summed E-state index contributed by atoms with van der Waals surface area (Å²) < 4.78 is 2.62. The molecular formula is C20H25N7O2. The van der Waals surface area contributed by atoms with E-state index >= 15 is 0 Å². The summed E-state index contributed by atoms with van der Waals surface area (Å²) in [5.74, 6) is 0.523. The second-order valence-electron chi connectivity index (χ2n) is 7.46. The monoisotopic (exact) mass is 395 g/mol. The first kappa shape index (κ1) is 19.2. The van der Waals surface area contributed by atoms with E-state index in [4.69, 9.17) is 0 Å². The maximum absolute atomic E-state index is 13.1. The molecule has 1 unspecified atom stereocenters. The molecule has 9 heteroatoms. The van der Waals surface area contributed by atoms with Crippen molar-refractivity contribution in [2.45, 2.75) is 19.3 Å². The van der Waals surface area contributed by atoms with Crippen LogP contribution in [0.25, 0.3) is 0 Å². The average Bonchev–Trinajstić information content (AvgIpc) is 2.91. The van der Waals surface area contributed by atoms with Crippen LogP contribution in [0, 0.1) is 11.3 Å². The van der Waals surface area contributed by atoms with Gasteiger partial charge >= 0.3 is 5.69 Å². The number of anilines is 2. The molecule has 2 N–H and O–H groups in total. The summed E-state index contributed by atoms with van der Waals surface area (Å²) >= 11 is 0. The number of nitriles is 1. The van der Waals surface area contributed by atoms with E-state index in [1.165, 1.54) is 11.6 Å². The van der Waals surface area contributed by atoms with E-state index < -0.39 is 0 Å². The molecule has 0 amide bonds. The van der Waals surface area contributed by atoms with Gasteiger partial charge in [0, 0.05) is 40.3 Å². The number of rotatable bonds is 3. The van der Waals surface area contributed by atoms with E-state index in [1.807, 2.05) is 23.1 Å². The second kappa shape index (κ2) is 7.73. The molecule has 0 spiro atoms. The Morgan fingerprint density at radius 2 is 1.93 bits per heavy atom. The fraction of sp³-hybridized carbons (Fsp3) is 0.450. The zero-order valence-corrected chi connectivity index (χ0v) is 16.7. The zero-order chi connectivity index (χ0) is 20.5. The lowest BCUT2D eigenvalue weighted by molar-refractivity contribution is 0.226. The topological polar surface area (TPSA) is 98.3 Å². The van der Waals surface area contributed by atoms with Gasteiger partial charge in [-0.3, -0.25) is 18.8 Å². The summed E-state index contributed by atoms with van der Waals surface area (Å²) in [5.41, 5.74) is 1.19. The molecule has 2 aromatic rings. The van der Waals surface area contributed by atoms with Crippen LogP contribution < -0.4 is 26.8 Å². The van der Waals surface area contributed by atoms with Gasteiger partial charge in [-0.25, -0.2) is 4.79 Å². The summed E-state index contributed by atoms with van der Waals surface area (Å²) in [6.45, 7) is 3.88. The Morgan fingerprint density at radius 3 is 2.72 bits per heavy atom. The molecule has 0 bridgehead atoms. The van der Waals surface area contributed by atoms with Crippen molar-refractivity contribution in [1.82, 2.24) is 19.4 Å². The van der Waals surface area contributed by atoms with Gasteiger partial charge in [-0.15, -0.1) is 0 Å². The van der Waals surface area contributed by atoms with Crippen LogP contribution in [0.2, 0.25) is 0 Å². The molecule has 152 valence electrons. The van der Waals surface area contributed by atoms with Gasteiger partial charge in [0.1, 0.15) is 11.5 Å². The number of nitrogens with one attached hydrogen (secondary N) is 2. The second-order valence-corrected chi connectivity index (χ2v) is 7.46. The van der Waals surface area contributed by atoms with Crippen molar-refractivity contribution >= 4 is 11.5 Å². The Balaban J connectivity index is 1.83. The lowest BCUT2D eigenvalue weighted by Crippen LogP contribution is -2.51. The number of aromatic nitrogens is 2. The van der Waals surface area contributed by atoms with Crippen LogP contribution in [0.15, 0.2) is 33.9 Å². The molecule has 9 nitrogen and oxygen atoms in total. The maximum atomic E-state index is 13.1. The highest BCUT2D eigenvalue weighted by molar-refractivity contribution is 5.72. The molecule has 29 heavy (non-hydrogen) atoms. The quantitative estimate of drug-likeness (QED) is 0.753. The van der Waals surface area contributed by atoms with Crippen molar-refractivity contribution in [3.8, 4) is 6.07 Å². The third-order valence-electron chi connectivity index (χ3n) is 5.69. The van der Waals surface area contributed by atoms with Crippen molar-refractivity contribution in [1.29, 1.82) is 5.26 Å². The first-order chi connectivity index (χ1) is 14.0. The van der Waals surface area contributed by atoms with Gasteiger partial charge in [0.05, 0.1) is 11.6 Å². The molecule has 0 aliphatic carbocycles. The molecule has 0 saturated carbocycles. The predicted molar refractivity (Wildman–Crippen MR) is 111 cm³/mol. The third kappa shape index (κ3) is 3.30. The van der Waals surface area contributed by atoms with Crippen molar-refractivity contribution in [3.63, 3.8) is 0 Å². The largest absolute Gasteiger partial charge is 0.337 e. The van der Waals surface area contributed by atoms with Crippen molar-refractivity contribution in [2.24, 2.45) is 14.1 Å². The Kier molecular flexibility index (Phi) is 5.13. The number of nitrogens with zero attached hydrogens (tertiary/aromatic N) is 5. The highest BCUT2D eigenvalue weighted by atomic mass is 16.2. The molecule has 1 fully saturated rings. The van der Waals surface area contributed by atoms with E-state index in [0.29, 0.717) is 23.6 Å². The average molecular weight is 395 g/mol. The molecule has 0 radical (unpaired) electrons. The highest BCUT2D eigenvalue weighted by Gasteiger charge is 2.38. The predicted octanol–water partition coefficient (Wildman–Crippen LogP) is -0.0333. The zero-order valence-electron chi connectivity index (χ0n) is 16.7. The summed E-state index contributed by atoms with van der Waals surface area (Å²) in [4.78, 5) is 29.8. The van der Waals surface area contributed by atoms with Gasteiger partial charge in [-0.05, 0) is 24.6 Å². The molecular weight excluding hydrogens is 370 g/mol. The molecule has 1 aromatic carbocycles. The first-order valence-corrected chi connectivity index (χ1v) is 9.79. The first-order valence-electron chi connectivity index (χ1n) is 9.79. The van der Waals surface area contributed by atoms with E-state index in [9.17, 15) is 14.9 Å². The van der Waals surface area contributed by atoms with Crippen LogP contribution in [-0.4, -0.2) is 46.5 Å². The third-order valence-corrected chi connectivity index (χ3v) is 5.69. The normalized spacial score (nSPS) is 19.3. The van der Waals surface area contributed by atoms with Gasteiger partial charge < -0.3 is 15.5 Å². The van der Waals surface area contributed by atoms with E-state index in [2.05, 4.69) is 21.6 Å². The summed E-state index contributed by atoms with van der Waals surface area (Å²) in [7, 11) is 3.16. The molecule has 1 aromatic heterocycles. The minimum absolute atomic E-state index is 0.266. The van der Waals surface area contributed by atoms with Crippen LogP contribution in [0.5, 0.6) is 0 Å². The Labute approximate surface area is 168 Å². The smallest absolute Gasteiger partial charge is 0.332 e. The number of hydrogen-bond acceptors (Lipinski definition) is 7. The van der Waals surface area contributed by atoms with Crippen LogP contribution in [0.1, 0.15) is 17.5 Å². The molecule has 4 rings (SSSR count). The van der Waals surface area contributed by atoms with Crippen LogP contribution in [0.3, 0.4) is 0 Å². The Bertz CT molecular complexity index is 1070. The maximum Gasteiger partial charge on any atom is 0.332 e. The summed E-state index contributed by atoms with van der Waals surface area (Å²) in [6.07, 6.45) is 0.728. The van der Waals surface area contributed by atoms with E-state index in [0.717, 1.165) is 42.7 Å². The minimum Gasteiger partial charge on any atom is -0.337 e. The number of hydrogen-bond donors (Lipinski definition) is 2. The van der Waals surface area contributed by atoms with Crippen molar-refractivity contribution in [3.05, 3.63) is 56.2 Å². The lowest BCUT2D eigenvalue weighted by atomic mass is 10.1. The van der Waals surface area contributed by atoms with Gasteiger partial charge in [0.2, 0.25) is 0 Å². The van der Waals surface area contributed by atoms with Crippen LogP contribution >= 0.6 is 0 Å². The van der Waals surface area contributed by atoms with E-state index in [1.54, 1.807) is 13.1 Å². The summed E-state index contributed by atoms with van der Waals surface area (Å²) in [5, 5.41) is 16.3. The van der Waals surface area contributed by atoms with Gasteiger partial charge in [-0.1, -0.05) is 18.2 Å². The molecule has 3 heterocycles. The fourth-order valence-electron chi connectivity index (χ4n) is 4.09. The number of benzene rings is 1. The lowest BCUT2D eigenvalue weighted by Gasteiger charge is -2.35. The van der Waals surface area contributed by atoms with Crippen molar-refractivity contribution in [2.75, 3.05) is 36.4 Å². The van der Waals surface area contributed by atoms with Crippen LogP contribution in [-0.2, 0) is 20.6 Å². The SMILES string of the molecule is Cn1c2c(c(=O)n(C)c1=O)N(Cc1ccccc1C#N)C(N1CCCNCC1)N2. The molecule has 2 aliphatic rings. The number of fused-ring (bicyclic) bond motifs is 1. The molecule has 1 atom stereocenters. The van der Waals surface area contributed by atoms with Crippen LogP contribution in [0.4, 0.5) is 11.5 Å². The minimum atomic E-state index is -0.364. The standard InChI is InChI=1S/C20H25N7O2/c1-24-17-16(18(28)25(2)20(24)29)27(13-15-7-4-3-6-14(15)12-21)19(23-17)26-10-5-8-22-9-11-26/h3-4,6-7,19,22-23H,5,8-11,13H2,1-2H3. The van der Waals surface area contributed by atoms with E-state index in [-0.39, 0.29) is 17.5 Å². The molecule has 1 saturated heterocycles. The fourth-order valence-corrected chi connectivity index (χ4v) is 4.09. The highest BCUT2D eigenvalue weighted by Crippen LogP contribution is 2.33. The Hall–Kier alpha value is -3.09. The van der Waals surface area contributed by atoms with Gasteiger partial charge in [-0.2, -0.15) is 5.26 Å². The van der Waals surface area contributed by atoms with Crippen molar-refractivity contribution < 1.29 is 0 Å².